The first-order valence-corrected chi connectivity index (χ1v) is 11.5. The summed E-state index contributed by atoms with van der Waals surface area (Å²) in [4.78, 5) is 12.8. The van der Waals surface area contributed by atoms with Gasteiger partial charge in [-0.3, -0.25) is 4.79 Å². The Balaban J connectivity index is 1.83. The summed E-state index contributed by atoms with van der Waals surface area (Å²) in [5.74, 6) is -0.513. The Labute approximate surface area is 187 Å². The van der Waals surface area contributed by atoms with Crippen LogP contribution in [0.4, 0.5) is 10.1 Å². The van der Waals surface area contributed by atoms with Gasteiger partial charge in [-0.25, -0.2) is 12.8 Å². The van der Waals surface area contributed by atoms with Gasteiger partial charge in [0.2, 0.25) is 15.9 Å². The van der Waals surface area contributed by atoms with Crippen molar-refractivity contribution in [2.24, 2.45) is 0 Å². The third-order valence-corrected chi connectivity index (χ3v) is 6.84. The van der Waals surface area contributed by atoms with Gasteiger partial charge >= 0.3 is 0 Å². The van der Waals surface area contributed by atoms with E-state index in [1.807, 2.05) is 30.3 Å². The summed E-state index contributed by atoms with van der Waals surface area (Å²) in [7, 11) is -2.46. The van der Waals surface area contributed by atoms with Crippen molar-refractivity contribution in [3.8, 4) is 5.75 Å². The molecule has 0 aromatic heterocycles. The number of nitrogens with one attached hydrogen (secondary N) is 1. The molecule has 3 rings (SSSR count). The van der Waals surface area contributed by atoms with Crippen LogP contribution in [-0.2, 0) is 21.2 Å². The third kappa shape index (κ3) is 5.93. The normalized spacial score (nSPS) is 11.4. The van der Waals surface area contributed by atoms with Crippen LogP contribution >= 0.6 is 0 Å². The van der Waals surface area contributed by atoms with E-state index in [0.29, 0.717) is 23.4 Å². The van der Waals surface area contributed by atoms with Crippen LogP contribution < -0.4 is 10.1 Å². The molecular formula is C24H25FN2O4S. The first-order valence-electron chi connectivity index (χ1n) is 10.0. The van der Waals surface area contributed by atoms with Crippen LogP contribution in [0.25, 0.3) is 0 Å². The number of carbonyl (C=O) groups is 1. The van der Waals surface area contributed by atoms with Crippen LogP contribution in [0.5, 0.6) is 5.75 Å². The van der Waals surface area contributed by atoms with Gasteiger partial charge in [0.25, 0.3) is 0 Å². The minimum atomic E-state index is -3.96. The van der Waals surface area contributed by atoms with Crippen LogP contribution in [0.15, 0.2) is 77.7 Å². The van der Waals surface area contributed by atoms with E-state index in [4.69, 9.17) is 4.74 Å². The van der Waals surface area contributed by atoms with Crippen LogP contribution in [0.2, 0.25) is 0 Å². The summed E-state index contributed by atoms with van der Waals surface area (Å²) in [5.41, 5.74) is 1.93. The Morgan fingerprint density at radius 3 is 2.38 bits per heavy atom. The number of methoxy groups -OCH3 is 1. The summed E-state index contributed by atoms with van der Waals surface area (Å²) >= 11 is 0. The standard InChI is InChI=1S/C24H25FN2O4S/c1-18-8-9-20(25)16-23(18)26-24(28)17-27(15-14-19-6-4-3-5-7-19)32(29,30)22-12-10-21(31-2)11-13-22/h3-13,16H,14-15,17H2,1-2H3,(H,26,28). The molecule has 0 radical (unpaired) electrons. The second kappa shape index (κ2) is 10.4. The fourth-order valence-electron chi connectivity index (χ4n) is 3.16. The van der Waals surface area contributed by atoms with Gasteiger partial charge in [-0.2, -0.15) is 4.31 Å². The largest absolute Gasteiger partial charge is 0.497 e. The predicted molar refractivity (Wildman–Crippen MR) is 122 cm³/mol. The summed E-state index contributed by atoms with van der Waals surface area (Å²) in [6.45, 7) is 1.43. The van der Waals surface area contributed by atoms with E-state index in [1.54, 1.807) is 25.1 Å². The van der Waals surface area contributed by atoms with E-state index in [1.165, 1.54) is 31.4 Å². The highest BCUT2D eigenvalue weighted by Gasteiger charge is 2.27. The highest BCUT2D eigenvalue weighted by atomic mass is 32.2. The third-order valence-electron chi connectivity index (χ3n) is 4.98. The van der Waals surface area contributed by atoms with Gasteiger partial charge in [-0.15, -0.1) is 0 Å². The van der Waals surface area contributed by atoms with Crippen molar-refractivity contribution in [2.75, 3.05) is 25.5 Å². The van der Waals surface area contributed by atoms with Gasteiger partial charge in [0.1, 0.15) is 11.6 Å². The number of aryl methyl sites for hydroxylation is 1. The lowest BCUT2D eigenvalue weighted by molar-refractivity contribution is -0.116. The zero-order valence-electron chi connectivity index (χ0n) is 17.9. The Bertz CT molecular complexity index is 1170. The molecule has 168 valence electrons. The molecule has 1 N–H and O–H groups in total. The summed E-state index contributed by atoms with van der Waals surface area (Å²) < 4.78 is 46.4. The monoisotopic (exact) mass is 456 g/mol. The highest BCUT2D eigenvalue weighted by Crippen LogP contribution is 2.21. The first kappa shape index (κ1) is 23.4. The number of hydrogen-bond acceptors (Lipinski definition) is 4. The maximum Gasteiger partial charge on any atom is 0.243 e. The molecule has 0 spiro atoms. The molecule has 3 aromatic carbocycles. The molecule has 0 aliphatic carbocycles. The van der Waals surface area contributed by atoms with E-state index in [0.717, 1.165) is 9.87 Å². The molecular weight excluding hydrogens is 431 g/mol. The molecule has 0 bridgehead atoms. The quantitative estimate of drug-likeness (QED) is 0.528. The minimum Gasteiger partial charge on any atom is -0.497 e. The number of carbonyl (C=O) groups excluding carboxylic acids is 1. The Kier molecular flexibility index (Phi) is 7.61. The molecule has 0 saturated carbocycles. The van der Waals surface area contributed by atoms with E-state index < -0.39 is 28.3 Å². The zero-order chi connectivity index (χ0) is 23.1. The molecule has 0 saturated heterocycles. The molecule has 0 unspecified atom stereocenters. The molecule has 6 nitrogen and oxygen atoms in total. The second-order valence-electron chi connectivity index (χ2n) is 7.26. The predicted octanol–water partition coefficient (Wildman–Crippen LogP) is 4.01. The highest BCUT2D eigenvalue weighted by molar-refractivity contribution is 7.89. The van der Waals surface area contributed by atoms with Crippen molar-refractivity contribution in [3.05, 3.63) is 89.7 Å². The number of benzene rings is 3. The number of sulfonamides is 1. The number of halogens is 1. The molecule has 0 heterocycles. The number of nitrogens with zero attached hydrogens (tertiary/aromatic N) is 1. The van der Waals surface area contributed by atoms with Gasteiger partial charge in [-0.05, 0) is 60.9 Å². The number of anilines is 1. The van der Waals surface area contributed by atoms with Crippen molar-refractivity contribution >= 4 is 21.6 Å². The van der Waals surface area contributed by atoms with E-state index in [9.17, 15) is 17.6 Å². The van der Waals surface area contributed by atoms with Gasteiger partial charge in [-0.1, -0.05) is 36.4 Å². The van der Waals surface area contributed by atoms with Crippen LogP contribution in [0, 0.1) is 12.7 Å². The van der Waals surface area contributed by atoms with Crippen LogP contribution in [-0.4, -0.2) is 38.8 Å². The lowest BCUT2D eigenvalue weighted by Gasteiger charge is -2.22. The smallest absolute Gasteiger partial charge is 0.243 e. The SMILES string of the molecule is COc1ccc(S(=O)(=O)N(CCc2ccccc2)CC(=O)Nc2cc(F)ccc2C)cc1. The first-order chi connectivity index (χ1) is 15.3. The van der Waals surface area contributed by atoms with Gasteiger partial charge in [0.05, 0.1) is 18.6 Å². The van der Waals surface area contributed by atoms with Crippen molar-refractivity contribution < 1.29 is 22.3 Å². The molecule has 0 fully saturated rings. The summed E-state index contributed by atoms with van der Waals surface area (Å²) in [6.07, 6.45) is 0.433. The Morgan fingerprint density at radius 1 is 1.03 bits per heavy atom. The Hall–Kier alpha value is -3.23. The van der Waals surface area contributed by atoms with Gasteiger partial charge in [0, 0.05) is 12.2 Å². The van der Waals surface area contributed by atoms with E-state index in [2.05, 4.69) is 5.32 Å². The second-order valence-corrected chi connectivity index (χ2v) is 9.20. The fraction of sp³-hybridized carbons (Fsp3) is 0.208. The maximum atomic E-state index is 13.6. The number of hydrogen-bond donors (Lipinski definition) is 1. The van der Waals surface area contributed by atoms with Crippen molar-refractivity contribution in [2.45, 2.75) is 18.2 Å². The number of rotatable bonds is 9. The van der Waals surface area contributed by atoms with Gasteiger partial charge in [0.15, 0.2) is 0 Å². The maximum absolute atomic E-state index is 13.6. The average Bonchev–Trinajstić information content (AvgIpc) is 2.79. The summed E-state index contributed by atoms with van der Waals surface area (Å²) in [5, 5.41) is 2.62. The van der Waals surface area contributed by atoms with Crippen molar-refractivity contribution in [3.63, 3.8) is 0 Å². The van der Waals surface area contributed by atoms with Crippen LogP contribution in [0.1, 0.15) is 11.1 Å². The molecule has 32 heavy (non-hydrogen) atoms. The Morgan fingerprint density at radius 2 is 1.72 bits per heavy atom. The molecule has 8 heteroatoms. The summed E-state index contributed by atoms with van der Waals surface area (Å²) in [6, 6.07) is 19.5. The lowest BCUT2D eigenvalue weighted by atomic mass is 10.1. The van der Waals surface area contributed by atoms with E-state index in [-0.39, 0.29) is 11.4 Å². The van der Waals surface area contributed by atoms with E-state index >= 15 is 0 Å². The fourth-order valence-corrected chi connectivity index (χ4v) is 4.56. The average molecular weight is 457 g/mol. The zero-order valence-corrected chi connectivity index (χ0v) is 18.7. The van der Waals surface area contributed by atoms with Crippen molar-refractivity contribution in [1.82, 2.24) is 4.31 Å². The molecule has 3 aromatic rings. The minimum absolute atomic E-state index is 0.0566. The molecule has 0 atom stereocenters. The molecule has 1 amide bonds. The van der Waals surface area contributed by atoms with Crippen LogP contribution in [0.3, 0.4) is 0 Å². The van der Waals surface area contributed by atoms with Gasteiger partial charge < -0.3 is 10.1 Å². The lowest BCUT2D eigenvalue weighted by Crippen LogP contribution is -2.39. The molecule has 0 aliphatic rings. The topological polar surface area (TPSA) is 75.7 Å². The molecule has 0 aliphatic heterocycles. The number of ether oxygens (including phenoxy) is 1. The number of amides is 1. The van der Waals surface area contributed by atoms with Crippen molar-refractivity contribution in [1.29, 1.82) is 0 Å².